The summed E-state index contributed by atoms with van der Waals surface area (Å²) in [7, 11) is 0. The number of hydrogen-bond donors (Lipinski definition) is 2. The molecular formula is C16H25NO2. The standard InChI is InChI=1S/C16H25NO2/c1-4-16(2,3)11-14(18)15(19)13(17)10-12-8-6-5-7-9-12/h5-9,13,15,19H,4,10-11,17H2,1-3H3/t13-,15?/m0/s1. The van der Waals surface area contributed by atoms with Crippen molar-refractivity contribution in [1.29, 1.82) is 0 Å². The van der Waals surface area contributed by atoms with Crippen LogP contribution in [0.3, 0.4) is 0 Å². The third-order valence-electron chi connectivity index (χ3n) is 3.66. The lowest BCUT2D eigenvalue weighted by molar-refractivity contribution is -0.130. The highest BCUT2D eigenvalue weighted by molar-refractivity contribution is 5.84. The number of aliphatic hydroxyl groups is 1. The average molecular weight is 263 g/mol. The number of Topliss-reactive ketones (excluding diaryl/α,β-unsaturated/α-hetero) is 1. The number of ketones is 1. The first-order valence-electron chi connectivity index (χ1n) is 6.86. The second-order valence-corrected chi connectivity index (χ2v) is 5.96. The Morgan fingerprint density at radius 1 is 1.32 bits per heavy atom. The Morgan fingerprint density at radius 3 is 2.42 bits per heavy atom. The quantitative estimate of drug-likeness (QED) is 0.793. The summed E-state index contributed by atoms with van der Waals surface area (Å²) < 4.78 is 0. The van der Waals surface area contributed by atoms with Crippen LogP contribution in [0.1, 0.15) is 39.2 Å². The number of benzene rings is 1. The molecule has 0 amide bonds. The van der Waals surface area contributed by atoms with Crippen LogP contribution in [0.25, 0.3) is 0 Å². The summed E-state index contributed by atoms with van der Waals surface area (Å²) >= 11 is 0. The van der Waals surface area contributed by atoms with Crippen molar-refractivity contribution in [3.05, 3.63) is 35.9 Å². The van der Waals surface area contributed by atoms with Crippen molar-refractivity contribution in [2.45, 2.75) is 52.2 Å². The second kappa shape index (κ2) is 6.83. The molecular weight excluding hydrogens is 238 g/mol. The summed E-state index contributed by atoms with van der Waals surface area (Å²) in [6, 6.07) is 9.15. The molecule has 0 bridgehead atoms. The Hall–Kier alpha value is -1.19. The van der Waals surface area contributed by atoms with Gasteiger partial charge in [-0.1, -0.05) is 57.5 Å². The van der Waals surface area contributed by atoms with E-state index in [-0.39, 0.29) is 11.2 Å². The van der Waals surface area contributed by atoms with Crippen molar-refractivity contribution in [3.8, 4) is 0 Å². The topological polar surface area (TPSA) is 63.3 Å². The van der Waals surface area contributed by atoms with Crippen LogP contribution in [0, 0.1) is 5.41 Å². The molecule has 0 saturated heterocycles. The highest BCUT2D eigenvalue weighted by Gasteiger charge is 2.28. The summed E-state index contributed by atoms with van der Waals surface area (Å²) in [5.41, 5.74) is 6.90. The molecule has 1 unspecified atom stereocenters. The Morgan fingerprint density at radius 2 is 1.89 bits per heavy atom. The molecule has 0 fully saturated rings. The molecule has 0 aliphatic heterocycles. The van der Waals surface area contributed by atoms with E-state index in [1.54, 1.807) is 0 Å². The minimum atomic E-state index is -1.08. The number of carbonyl (C=O) groups excluding carboxylic acids is 1. The average Bonchev–Trinajstić information content (AvgIpc) is 2.38. The predicted octanol–water partition coefficient (Wildman–Crippen LogP) is 2.31. The Bertz CT molecular complexity index is 400. The number of rotatable bonds is 7. The zero-order chi connectivity index (χ0) is 14.5. The fourth-order valence-electron chi connectivity index (χ4n) is 1.94. The van der Waals surface area contributed by atoms with Crippen LogP contribution in [0.4, 0.5) is 0 Å². The molecule has 106 valence electrons. The lowest BCUT2D eigenvalue weighted by Gasteiger charge is -2.25. The minimum Gasteiger partial charge on any atom is -0.384 e. The van der Waals surface area contributed by atoms with Crippen molar-refractivity contribution < 1.29 is 9.90 Å². The fourth-order valence-corrected chi connectivity index (χ4v) is 1.94. The summed E-state index contributed by atoms with van der Waals surface area (Å²) in [4.78, 5) is 12.0. The van der Waals surface area contributed by atoms with Gasteiger partial charge < -0.3 is 10.8 Å². The van der Waals surface area contributed by atoms with Crippen LogP contribution >= 0.6 is 0 Å². The molecule has 0 heterocycles. The predicted molar refractivity (Wildman–Crippen MR) is 77.8 cm³/mol. The number of nitrogens with two attached hydrogens (primary N) is 1. The molecule has 0 aliphatic carbocycles. The molecule has 0 radical (unpaired) electrons. The molecule has 1 aromatic rings. The normalized spacial score (nSPS) is 15.0. The second-order valence-electron chi connectivity index (χ2n) is 5.96. The molecule has 0 aromatic heterocycles. The third kappa shape index (κ3) is 5.13. The monoisotopic (exact) mass is 263 g/mol. The molecule has 19 heavy (non-hydrogen) atoms. The number of hydrogen-bond acceptors (Lipinski definition) is 3. The summed E-state index contributed by atoms with van der Waals surface area (Å²) in [5.74, 6) is -0.157. The van der Waals surface area contributed by atoms with Crippen molar-refractivity contribution >= 4 is 5.78 Å². The van der Waals surface area contributed by atoms with Crippen molar-refractivity contribution in [2.24, 2.45) is 11.1 Å². The van der Waals surface area contributed by atoms with Crippen molar-refractivity contribution in [3.63, 3.8) is 0 Å². The fraction of sp³-hybridized carbons (Fsp3) is 0.562. The SMILES string of the molecule is CCC(C)(C)CC(=O)C(O)[C@@H](N)Cc1ccccc1. The van der Waals surface area contributed by atoms with Gasteiger partial charge in [0.1, 0.15) is 6.10 Å². The first-order chi connectivity index (χ1) is 8.85. The zero-order valence-electron chi connectivity index (χ0n) is 12.1. The van der Waals surface area contributed by atoms with Gasteiger partial charge in [0.05, 0.1) is 0 Å². The van der Waals surface area contributed by atoms with Crippen LogP contribution in [0.5, 0.6) is 0 Å². The van der Waals surface area contributed by atoms with Gasteiger partial charge in [-0.25, -0.2) is 0 Å². The smallest absolute Gasteiger partial charge is 0.163 e. The van der Waals surface area contributed by atoms with E-state index in [9.17, 15) is 9.90 Å². The maximum atomic E-state index is 12.0. The van der Waals surface area contributed by atoms with Gasteiger partial charge in [0.15, 0.2) is 5.78 Å². The van der Waals surface area contributed by atoms with Gasteiger partial charge in [0.25, 0.3) is 0 Å². The highest BCUT2D eigenvalue weighted by Crippen LogP contribution is 2.25. The van der Waals surface area contributed by atoms with Crippen LogP contribution in [0.15, 0.2) is 30.3 Å². The van der Waals surface area contributed by atoms with E-state index < -0.39 is 12.1 Å². The lowest BCUT2D eigenvalue weighted by Crippen LogP contribution is -2.43. The molecule has 1 aromatic carbocycles. The van der Waals surface area contributed by atoms with Gasteiger partial charge in [0.2, 0.25) is 0 Å². The van der Waals surface area contributed by atoms with Crippen LogP contribution < -0.4 is 5.73 Å². The van der Waals surface area contributed by atoms with Crippen molar-refractivity contribution in [2.75, 3.05) is 0 Å². The maximum absolute atomic E-state index is 12.0. The maximum Gasteiger partial charge on any atom is 0.163 e. The molecule has 1 rings (SSSR count). The Kier molecular flexibility index (Phi) is 5.70. The molecule has 3 N–H and O–H groups in total. The zero-order valence-corrected chi connectivity index (χ0v) is 12.1. The van der Waals surface area contributed by atoms with Gasteiger partial charge in [-0.3, -0.25) is 4.79 Å². The van der Waals surface area contributed by atoms with Gasteiger partial charge in [-0.15, -0.1) is 0 Å². The van der Waals surface area contributed by atoms with E-state index in [1.165, 1.54) is 0 Å². The van der Waals surface area contributed by atoms with Gasteiger partial charge in [-0.2, -0.15) is 0 Å². The van der Waals surface area contributed by atoms with Gasteiger partial charge in [-0.05, 0) is 17.4 Å². The summed E-state index contributed by atoms with van der Waals surface area (Å²) in [6.07, 6.45) is 0.707. The summed E-state index contributed by atoms with van der Waals surface area (Å²) in [5, 5.41) is 10.0. The van der Waals surface area contributed by atoms with Crippen LogP contribution in [-0.4, -0.2) is 23.0 Å². The first-order valence-corrected chi connectivity index (χ1v) is 6.86. The van der Waals surface area contributed by atoms with E-state index in [4.69, 9.17) is 5.73 Å². The summed E-state index contributed by atoms with van der Waals surface area (Å²) in [6.45, 7) is 6.10. The Labute approximate surface area is 115 Å². The first kappa shape index (κ1) is 15.9. The highest BCUT2D eigenvalue weighted by atomic mass is 16.3. The van der Waals surface area contributed by atoms with E-state index in [0.29, 0.717) is 12.8 Å². The number of carbonyl (C=O) groups is 1. The molecule has 3 nitrogen and oxygen atoms in total. The molecule has 0 aliphatic rings. The molecule has 2 atom stereocenters. The molecule has 3 heteroatoms. The van der Waals surface area contributed by atoms with E-state index in [1.807, 2.05) is 51.1 Å². The molecule has 0 saturated carbocycles. The lowest BCUT2D eigenvalue weighted by atomic mass is 9.82. The molecule has 0 spiro atoms. The third-order valence-corrected chi connectivity index (χ3v) is 3.66. The largest absolute Gasteiger partial charge is 0.384 e. The van der Waals surface area contributed by atoms with Crippen molar-refractivity contribution in [1.82, 2.24) is 0 Å². The van der Waals surface area contributed by atoms with E-state index in [0.717, 1.165) is 12.0 Å². The number of aliphatic hydroxyl groups excluding tert-OH is 1. The van der Waals surface area contributed by atoms with E-state index >= 15 is 0 Å². The van der Waals surface area contributed by atoms with Gasteiger partial charge >= 0.3 is 0 Å². The Balaban J connectivity index is 2.57. The van der Waals surface area contributed by atoms with Crippen LogP contribution in [0.2, 0.25) is 0 Å². The van der Waals surface area contributed by atoms with Crippen LogP contribution in [-0.2, 0) is 11.2 Å². The van der Waals surface area contributed by atoms with E-state index in [2.05, 4.69) is 0 Å². The minimum absolute atomic E-state index is 0.0788. The van der Waals surface area contributed by atoms with Gasteiger partial charge in [0, 0.05) is 12.5 Å².